The maximum absolute atomic E-state index is 11.0. The Balaban J connectivity index is 2.51. The van der Waals surface area contributed by atoms with E-state index in [4.69, 9.17) is 0 Å². The van der Waals surface area contributed by atoms with Crippen LogP contribution in [0.1, 0.15) is 25.3 Å². The molecule has 1 aromatic rings. The Kier molecular flexibility index (Phi) is 7.59. The van der Waals surface area contributed by atoms with Crippen molar-refractivity contribution in [3.8, 4) is 0 Å². The first-order valence-corrected chi connectivity index (χ1v) is 6.77. The van der Waals surface area contributed by atoms with Crippen LogP contribution >= 0.6 is 0 Å². The molecule has 3 nitrogen and oxygen atoms in total. The van der Waals surface area contributed by atoms with Crippen LogP contribution in [0.5, 0.6) is 0 Å². The van der Waals surface area contributed by atoms with Gasteiger partial charge in [0.25, 0.3) is 0 Å². The van der Waals surface area contributed by atoms with Crippen molar-refractivity contribution in [1.82, 2.24) is 4.90 Å². The molecular weight excluding hydrogens is 238 g/mol. The van der Waals surface area contributed by atoms with Crippen LogP contribution in [0.15, 0.2) is 42.5 Å². The highest BCUT2D eigenvalue weighted by Crippen LogP contribution is 2.06. The molecule has 0 amide bonds. The highest BCUT2D eigenvalue weighted by molar-refractivity contribution is 5.81. The maximum Gasteiger partial charge on any atom is 0.330 e. The van der Waals surface area contributed by atoms with E-state index in [2.05, 4.69) is 40.8 Å². The van der Waals surface area contributed by atoms with Gasteiger partial charge in [-0.25, -0.2) is 4.79 Å². The summed E-state index contributed by atoms with van der Waals surface area (Å²) in [6.07, 6.45) is 5.69. The number of carbonyl (C=O) groups excluding carboxylic acids is 1. The molecule has 0 aliphatic rings. The number of carbonyl (C=O) groups is 1. The molecule has 1 rings (SSSR count). The lowest BCUT2D eigenvalue weighted by atomic mass is 10.2. The molecule has 0 aliphatic heterocycles. The number of nitrogens with zero attached hydrogens (tertiary/aromatic N) is 1. The number of hydrogen-bond acceptors (Lipinski definition) is 3. The van der Waals surface area contributed by atoms with Gasteiger partial charge >= 0.3 is 5.97 Å². The molecule has 0 saturated carbocycles. The molecule has 0 heterocycles. The SMILES string of the molecule is CCCCN(C/C=C/C(=O)OC)Cc1ccccc1. The summed E-state index contributed by atoms with van der Waals surface area (Å²) in [4.78, 5) is 13.4. The second-order valence-electron chi connectivity index (χ2n) is 4.50. The molecular formula is C16H23NO2. The average molecular weight is 261 g/mol. The molecule has 19 heavy (non-hydrogen) atoms. The third-order valence-electron chi connectivity index (χ3n) is 2.90. The molecule has 1 aromatic carbocycles. The van der Waals surface area contributed by atoms with E-state index in [1.165, 1.54) is 31.6 Å². The second kappa shape index (κ2) is 9.34. The van der Waals surface area contributed by atoms with Crippen molar-refractivity contribution in [3.63, 3.8) is 0 Å². The van der Waals surface area contributed by atoms with Crippen LogP contribution in [-0.4, -0.2) is 31.1 Å². The van der Waals surface area contributed by atoms with Gasteiger partial charge in [0, 0.05) is 19.2 Å². The van der Waals surface area contributed by atoms with Crippen LogP contribution in [0.4, 0.5) is 0 Å². The minimum absolute atomic E-state index is 0.296. The summed E-state index contributed by atoms with van der Waals surface area (Å²) in [6.45, 7) is 4.90. The van der Waals surface area contributed by atoms with Crippen LogP contribution < -0.4 is 0 Å². The van der Waals surface area contributed by atoms with Crippen molar-refractivity contribution in [1.29, 1.82) is 0 Å². The van der Waals surface area contributed by atoms with Gasteiger partial charge in [-0.2, -0.15) is 0 Å². The number of esters is 1. The van der Waals surface area contributed by atoms with E-state index in [9.17, 15) is 4.79 Å². The highest BCUT2D eigenvalue weighted by atomic mass is 16.5. The van der Waals surface area contributed by atoms with E-state index in [-0.39, 0.29) is 5.97 Å². The molecule has 0 saturated heterocycles. The Morgan fingerprint density at radius 3 is 2.68 bits per heavy atom. The van der Waals surface area contributed by atoms with E-state index in [0.29, 0.717) is 0 Å². The molecule has 0 unspecified atom stereocenters. The number of hydrogen-bond donors (Lipinski definition) is 0. The summed E-state index contributed by atoms with van der Waals surface area (Å²) < 4.78 is 4.59. The third kappa shape index (κ3) is 6.77. The lowest BCUT2D eigenvalue weighted by molar-refractivity contribution is -0.134. The van der Waals surface area contributed by atoms with Crippen molar-refractivity contribution < 1.29 is 9.53 Å². The first-order chi connectivity index (χ1) is 9.26. The average Bonchev–Trinajstić information content (AvgIpc) is 2.45. The minimum atomic E-state index is -0.296. The normalized spacial score (nSPS) is 11.1. The van der Waals surface area contributed by atoms with Crippen molar-refractivity contribution >= 4 is 5.97 Å². The zero-order valence-corrected chi connectivity index (χ0v) is 11.8. The Bertz CT molecular complexity index is 387. The Morgan fingerprint density at radius 2 is 2.05 bits per heavy atom. The summed E-state index contributed by atoms with van der Waals surface area (Å²) >= 11 is 0. The summed E-state index contributed by atoms with van der Waals surface area (Å²) in [5.74, 6) is -0.296. The van der Waals surface area contributed by atoms with Gasteiger partial charge in [0.05, 0.1) is 7.11 Å². The standard InChI is InChI=1S/C16H23NO2/c1-3-4-12-17(13-8-11-16(18)19-2)14-15-9-6-5-7-10-15/h5-11H,3-4,12-14H2,1-2H3/b11-8+. The van der Waals surface area contributed by atoms with Crippen molar-refractivity contribution in [2.24, 2.45) is 0 Å². The summed E-state index contributed by atoms with van der Waals surface area (Å²) in [6, 6.07) is 10.4. The smallest absolute Gasteiger partial charge is 0.330 e. The summed E-state index contributed by atoms with van der Waals surface area (Å²) in [5, 5.41) is 0. The van der Waals surface area contributed by atoms with Gasteiger partial charge in [0.2, 0.25) is 0 Å². The van der Waals surface area contributed by atoms with E-state index in [0.717, 1.165) is 19.6 Å². The number of methoxy groups -OCH3 is 1. The molecule has 104 valence electrons. The lowest BCUT2D eigenvalue weighted by Gasteiger charge is -2.20. The van der Waals surface area contributed by atoms with E-state index >= 15 is 0 Å². The zero-order chi connectivity index (χ0) is 13.9. The third-order valence-corrected chi connectivity index (χ3v) is 2.90. The predicted molar refractivity (Wildman–Crippen MR) is 77.8 cm³/mol. The fourth-order valence-electron chi connectivity index (χ4n) is 1.82. The largest absolute Gasteiger partial charge is 0.466 e. The Morgan fingerprint density at radius 1 is 1.32 bits per heavy atom. The van der Waals surface area contributed by atoms with Crippen LogP contribution in [0.25, 0.3) is 0 Å². The van der Waals surface area contributed by atoms with Gasteiger partial charge in [-0.15, -0.1) is 0 Å². The number of benzene rings is 1. The predicted octanol–water partition coefficient (Wildman–Crippen LogP) is 3.02. The minimum Gasteiger partial charge on any atom is -0.466 e. The van der Waals surface area contributed by atoms with Crippen molar-refractivity contribution in [2.75, 3.05) is 20.2 Å². The topological polar surface area (TPSA) is 29.5 Å². The zero-order valence-electron chi connectivity index (χ0n) is 11.8. The van der Waals surface area contributed by atoms with Crippen LogP contribution in [0.2, 0.25) is 0 Å². The van der Waals surface area contributed by atoms with E-state index in [1.54, 1.807) is 0 Å². The van der Waals surface area contributed by atoms with Crippen LogP contribution in [0, 0.1) is 0 Å². The molecule has 0 radical (unpaired) electrons. The van der Waals surface area contributed by atoms with Crippen molar-refractivity contribution in [2.45, 2.75) is 26.3 Å². The highest BCUT2D eigenvalue weighted by Gasteiger charge is 2.03. The molecule has 0 fully saturated rings. The Hall–Kier alpha value is -1.61. The maximum atomic E-state index is 11.0. The summed E-state index contributed by atoms with van der Waals surface area (Å²) in [7, 11) is 1.39. The molecule has 0 atom stereocenters. The first-order valence-electron chi connectivity index (χ1n) is 6.77. The molecule has 0 N–H and O–H groups in total. The molecule has 0 spiro atoms. The van der Waals surface area contributed by atoms with Gasteiger partial charge in [-0.3, -0.25) is 4.90 Å². The van der Waals surface area contributed by atoms with Gasteiger partial charge in [0.15, 0.2) is 0 Å². The van der Waals surface area contributed by atoms with Gasteiger partial charge < -0.3 is 4.74 Å². The Labute approximate surface area is 115 Å². The van der Waals surface area contributed by atoms with Crippen LogP contribution in [0.3, 0.4) is 0 Å². The molecule has 3 heteroatoms. The number of unbranched alkanes of at least 4 members (excludes halogenated alkanes) is 1. The first kappa shape index (κ1) is 15.4. The molecule has 0 bridgehead atoms. The second-order valence-corrected chi connectivity index (χ2v) is 4.50. The van der Waals surface area contributed by atoms with Crippen LogP contribution in [-0.2, 0) is 16.1 Å². The fourth-order valence-corrected chi connectivity index (χ4v) is 1.82. The molecule has 0 aliphatic carbocycles. The lowest BCUT2D eigenvalue weighted by Crippen LogP contribution is -2.24. The number of rotatable bonds is 8. The van der Waals surface area contributed by atoms with Gasteiger partial charge in [-0.05, 0) is 18.5 Å². The van der Waals surface area contributed by atoms with E-state index < -0.39 is 0 Å². The molecule has 0 aromatic heterocycles. The van der Waals surface area contributed by atoms with E-state index in [1.807, 2.05) is 12.1 Å². The quantitative estimate of drug-likeness (QED) is 0.532. The van der Waals surface area contributed by atoms with Crippen molar-refractivity contribution in [3.05, 3.63) is 48.0 Å². The van der Waals surface area contributed by atoms with Gasteiger partial charge in [-0.1, -0.05) is 49.8 Å². The monoisotopic (exact) mass is 261 g/mol. The fraction of sp³-hybridized carbons (Fsp3) is 0.438. The number of ether oxygens (including phenoxy) is 1. The van der Waals surface area contributed by atoms with Gasteiger partial charge in [0.1, 0.15) is 0 Å². The summed E-state index contributed by atoms with van der Waals surface area (Å²) in [5.41, 5.74) is 1.30.